The Morgan fingerprint density at radius 1 is 1.03 bits per heavy atom. The first-order valence-corrected chi connectivity index (χ1v) is 9.05. The molecule has 0 spiro atoms. The van der Waals surface area contributed by atoms with E-state index in [1.54, 1.807) is 24.4 Å². The van der Waals surface area contributed by atoms with Gasteiger partial charge in [0.2, 0.25) is 0 Å². The highest BCUT2D eigenvalue weighted by molar-refractivity contribution is 14.0. The van der Waals surface area contributed by atoms with Crippen molar-refractivity contribution in [1.82, 2.24) is 15.6 Å². The molecular weight excluding hydrogens is 489 g/mol. The summed E-state index contributed by atoms with van der Waals surface area (Å²) >= 11 is 0. The first-order chi connectivity index (χ1) is 13.7. The molecule has 0 saturated heterocycles. The lowest BCUT2D eigenvalue weighted by atomic mass is 10.1. The summed E-state index contributed by atoms with van der Waals surface area (Å²) < 4.78 is 29.7. The first-order valence-electron chi connectivity index (χ1n) is 9.05. The lowest BCUT2D eigenvalue weighted by molar-refractivity contribution is -0.0504. The number of rotatable bonds is 7. The lowest BCUT2D eigenvalue weighted by Gasteiger charge is -2.13. The summed E-state index contributed by atoms with van der Waals surface area (Å²) in [7, 11) is 0. The van der Waals surface area contributed by atoms with Crippen LogP contribution in [-0.4, -0.2) is 24.1 Å². The van der Waals surface area contributed by atoms with Gasteiger partial charge in [0.1, 0.15) is 5.75 Å². The van der Waals surface area contributed by atoms with Crippen molar-refractivity contribution in [3.8, 4) is 5.75 Å². The van der Waals surface area contributed by atoms with Crippen molar-refractivity contribution in [2.45, 2.75) is 26.6 Å². The molecule has 0 aliphatic rings. The number of hydrogen-bond acceptors (Lipinski definition) is 3. The minimum absolute atomic E-state index is 0. The molecule has 1 heterocycles. The molecule has 3 rings (SSSR count). The summed E-state index contributed by atoms with van der Waals surface area (Å²) in [6, 6.07) is 16.6. The number of hydrogen-bond donors (Lipinski definition) is 2. The summed E-state index contributed by atoms with van der Waals surface area (Å²) in [5.41, 5.74) is 2.57. The van der Waals surface area contributed by atoms with Crippen LogP contribution in [0.3, 0.4) is 0 Å². The summed E-state index contributed by atoms with van der Waals surface area (Å²) in [4.78, 5) is 8.95. The molecule has 0 bridgehead atoms. The van der Waals surface area contributed by atoms with E-state index in [1.165, 1.54) is 6.07 Å². The number of nitrogens with zero attached hydrogens (tertiary/aromatic N) is 2. The quantitative estimate of drug-likeness (QED) is 0.274. The smallest absolute Gasteiger partial charge is 0.387 e. The maximum Gasteiger partial charge on any atom is 0.387 e. The predicted molar refractivity (Wildman–Crippen MR) is 122 cm³/mol. The van der Waals surface area contributed by atoms with Gasteiger partial charge >= 0.3 is 6.61 Å². The third kappa shape index (κ3) is 6.52. The number of nitrogens with one attached hydrogen (secondary N) is 2. The van der Waals surface area contributed by atoms with Crippen LogP contribution >= 0.6 is 24.0 Å². The van der Waals surface area contributed by atoms with Gasteiger partial charge in [-0.25, -0.2) is 4.99 Å². The molecule has 0 fully saturated rings. The van der Waals surface area contributed by atoms with Gasteiger partial charge in [-0.15, -0.1) is 24.0 Å². The second kappa shape index (κ2) is 11.5. The lowest BCUT2D eigenvalue weighted by Crippen LogP contribution is -2.36. The van der Waals surface area contributed by atoms with Gasteiger partial charge in [0.05, 0.1) is 12.1 Å². The molecule has 2 N–H and O–H groups in total. The summed E-state index contributed by atoms with van der Waals surface area (Å²) in [6.07, 6.45) is 1.77. The Morgan fingerprint density at radius 2 is 1.79 bits per heavy atom. The van der Waals surface area contributed by atoms with Gasteiger partial charge in [0.15, 0.2) is 5.96 Å². The van der Waals surface area contributed by atoms with E-state index < -0.39 is 6.61 Å². The van der Waals surface area contributed by atoms with Crippen LogP contribution in [0.4, 0.5) is 8.78 Å². The van der Waals surface area contributed by atoms with Crippen molar-refractivity contribution < 1.29 is 13.5 Å². The topological polar surface area (TPSA) is 58.5 Å². The fourth-order valence-corrected chi connectivity index (χ4v) is 2.84. The minimum atomic E-state index is -2.87. The van der Waals surface area contributed by atoms with E-state index in [9.17, 15) is 8.78 Å². The molecule has 0 unspecified atom stereocenters. The number of benzene rings is 2. The molecule has 8 heteroatoms. The fraction of sp³-hybridized carbons (Fsp3) is 0.238. The number of aromatic nitrogens is 1. The number of para-hydroxylation sites is 2. The molecule has 5 nitrogen and oxygen atoms in total. The van der Waals surface area contributed by atoms with Gasteiger partial charge in [-0.2, -0.15) is 8.78 Å². The van der Waals surface area contributed by atoms with Gasteiger partial charge < -0.3 is 15.4 Å². The first kappa shape index (κ1) is 22.8. The minimum Gasteiger partial charge on any atom is -0.434 e. The van der Waals surface area contributed by atoms with E-state index in [4.69, 9.17) is 0 Å². The van der Waals surface area contributed by atoms with Crippen molar-refractivity contribution in [3.05, 3.63) is 71.9 Å². The molecule has 29 heavy (non-hydrogen) atoms. The highest BCUT2D eigenvalue weighted by Gasteiger charge is 2.09. The Kier molecular flexibility index (Phi) is 9.04. The summed E-state index contributed by atoms with van der Waals surface area (Å²) in [6.45, 7) is 0.524. The van der Waals surface area contributed by atoms with Crippen LogP contribution in [0.2, 0.25) is 0 Å². The van der Waals surface area contributed by atoms with Crippen molar-refractivity contribution >= 4 is 40.8 Å². The van der Waals surface area contributed by atoms with Crippen LogP contribution in [0.1, 0.15) is 18.1 Å². The van der Waals surface area contributed by atoms with E-state index in [2.05, 4.69) is 25.3 Å². The predicted octanol–water partition coefficient (Wildman–Crippen LogP) is 4.71. The van der Waals surface area contributed by atoms with Gasteiger partial charge in [-0.05, 0) is 24.6 Å². The fourth-order valence-electron chi connectivity index (χ4n) is 2.84. The number of halogens is 3. The molecule has 0 atom stereocenters. The van der Waals surface area contributed by atoms with E-state index in [-0.39, 0.29) is 36.3 Å². The Bertz CT molecular complexity index is 947. The maximum absolute atomic E-state index is 12.6. The molecule has 0 aliphatic carbocycles. The Balaban J connectivity index is 0.00000300. The molecule has 0 amide bonds. The molecule has 0 radical (unpaired) electrons. The second-order valence-electron chi connectivity index (χ2n) is 6.03. The zero-order chi connectivity index (χ0) is 19.8. The van der Waals surface area contributed by atoms with Crippen molar-refractivity contribution in [3.63, 3.8) is 0 Å². The van der Waals surface area contributed by atoms with Gasteiger partial charge in [0, 0.05) is 30.2 Å². The Morgan fingerprint density at radius 3 is 2.59 bits per heavy atom. The molecule has 3 aromatic rings. The van der Waals surface area contributed by atoms with Crippen molar-refractivity contribution in [2.75, 3.05) is 6.54 Å². The molecule has 1 aromatic heterocycles. The average molecular weight is 512 g/mol. The van der Waals surface area contributed by atoms with Crippen LogP contribution in [0.25, 0.3) is 10.9 Å². The number of alkyl halides is 2. The van der Waals surface area contributed by atoms with Crippen LogP contribution in [0.5, 0.6) is 5.75 Å². The molecule has 0 aliphatic heterocycles. The molecule has 2 aromatic carbocycles. The third-order valence-corrected chi connectivity index (χ3v) is 4.10. The molecular formula is C21H23F2IN4O. The van der Waals surface area contributed by atoms with Crippen LogP contribution < -0.4 is 15.4 Å². The Hall–Kier alpha value is -2.49. The van der Waals surface area contributed by atoms with Gasteiger partial charge in [-0.1, -0.05) is 42.5 Å². The number of aliphatic imine (C=N–C) groups is 1. The Labute approximate surface area is 185 Å². The van der Waals surface area contributed by atoms with Crippen LogP contribution in [-0.2, 0) is 13.1 Å². The summed E-state index contributed by atoms with van der Waals surface area (Å²) in [5.74, 6) is 0.720. The van der Waals surface area contributed by atoms with E-state index in [0.29, 0.717) is 24.6 Å². The summed E-state index contributed by atoms with van der Waals surface area (Å²) in [5, 5.41) is 7.50. The monoisotopic (exact) mass is 512 g/mol. The van der Waals surface area contributed by atoms with Gasteiger partial charge in [-0.3, -0.25) is 4.98 Å². The number of pyridine rings is 1. The van der Waals surface area contributed by atoms with Crippen molar-refractivity contribution in [2.24, 2.45) is 4.99 Å². The standard InChI is InChI=1S/C21H22F2N4O.HI/c1-2-24-21(26-13-16-7-3-4-11-18(16)28-20(22)23)27-14-17-9-5-8-15-10-6-12-25-19(15)17;/h3-12,20H,2,13-14H2,1H3,(H2,24,26,27);1H. The largest absolute Gasteiger partial charge is 0.434 e. The SMILES string of the molecule is CCNC(=NCc1ccccc1OC(F)F)NCc1cccc2cccnc12.I. The molecule has 154 valence electrons. The maximum atomic E-state index is 12.6. The van der Waals surface area contributed by atoms with E-state index in [1.807, 2.05) is 37.3 Å². The number of guanidine groups is 1. The second-order valence-corrected chi connectivity index (χ2v) is 6.03. The number of ether oxygens (including phenoxy) is 1. The average Bonchev–Trinajstić information content (AvgIpc) is 2.70. The number of fused-ring (bicyclic) bond motifs is 1. The zero-order valence-electron chi connectivity index (χ0n) is 15.9. The van der Waals surface area contributed by atoms with Crippen LogP contribution in [0.15, 0.2) is 65.8 Å². The van der Waals surface area contributed by atoms with E-state index >= 15 is 0 Å². The van der Waals surface area contributed by atoms with E-state index in [0.717, 1.165) is 16.5 Å². The molecule has 0 saturated carbocycles. The van der Waals surface area contributed by atoms with Gasteiger partial charge in [0.25, 0.3) is 0 Å². The highest BCUT2D eigenvalue weighted by atomic mass is 127. The van der Waals surface area contributed by atoms with Crippen molar-refractivity contribution in [1.29, 1.82) is 0 Å². The highest BCUT2D eigenvalue weighted by Crippen LogP contribution is 2.21. The zero-order valence-corrected chi connectivity index (χ0v) is 18.3. The normalized spacial score (nSPS) is 11.2. The van der Waals surface area contributed by atoms with Crippen LogP contribution in [0, 0.1) is 0 Å². The third-order valence-electron chi connectivity index (χ3n) is 4.10.